The highest BCUT2D eigenvalue weighted by atomic mass is 32.1. The summed E-state index contributed by atoms with van der Waals surface area (Å²) in [6, 6.07) is 23.5. The van der Waals surface area contributed by atoms with Crippen LogP contribution in [0, 0.1) is 12.8 Å². The number of aromatic hydroxyl groups is 1. The van der Waals surface area contributed by atoms with Gasteiger partial charge in [-0.15, -0.1) is 43.1 Å². The molecule has 0 aliphatic carbocycles. The van der Waals surface area contributed by atoms with Gasteiger partial charge in [-0.3, -0.25) is 9.59 Å². The number of rotatable bonds is 11. The first-order valence-corrected chi connectivity index (χ1v) is 21.6. The van der Waals surface area contributed by atoms with Crippen LogP contribution in [0.4, 0.5) is 5.82 Å². The summed E-state index contributed by atoms with van der Waals surface area (Å²) in [5.74, 6) is 0.00972. The number of carbonyl (C=O) groups is 2. The molecule has 16 heteroatoms. The molecule has 2 aliphatic heterocycles. The summed E-state index contributed by atoms with van der Waals surface area (Å²) >= 11 is 3.21. The molecule has 2 aliphatic rings. The van der Waals surface area contributed by atoms with Crippen LogP contribution in [0.15, 0.2) is 88.9 Å². The van der Waals surface area contributed by atoms with Gasteiger partial charge >= 0.3 is 0 Å². The predicted molar refractivity (Wildman–Crippen MR) is 230 cm³/mol. The lowest BCUT2D eigenvalue weighted by Gasteiger charge is -2.39. The number of hydrogen-bond acceptors (Lipinski definition) is 14. The average Bonchev–Trinajstić information content (AvgIpc) is 4.05. The van der Waals surface area contributed by atoms with Crippen molar-refractivity contribution in [2.24, 2.45) is 5.92 Å². The van der Waals surface area contributed by atoms with Crippen molar-refractivity contribution in [2.45, 2.75) is 64.1 Å². The van der Waals surface area contributed by atoms with Crippen molar-refractivity contribution in [1.82, 2.24) is 40.8 Å². The van der Waals surface area contributed by atoms with Crippen molar-refractivity contribution in [3.8, 4) is 38.8 Å². The third kappa shape index (κ3) is 7.61. The average molecular weight is 842 g/mol. The van der Waals surface area contributed by atoms with E-state index < -0.39 is 18.1 Å². The Hall–Kier alpha value is -6.10. The Labute approximate surface area is 353 Å². The fourth-order valence-corrected chi connectivity index (χ4v) is 9.90. The highest BCUT2D eigenvalue weighted by molar-refractivity contribution is 7.18. The Morgan fingerprint density at radius 1 is 0.900 bits per heavy atom. The second-order valence-corrected chi connectivity index (χ2v) is 17.8. The first kappa shape index (κ1) is 39.4. The van der Waals surface area contributed by atoms with E-state index in [1.807, 2.05) is 87.8 Å². The zero-order valence-electron chi connectivity index (χ0n) is 33.4. The molecule has 0 bridgehead atoms. The molecule has 14 nitrogen and oxygen atoms in total. The van der Waals surface area contributed by atoms with E-state index >= 15 is 0 Å². The summed E-state index contributed by atoms with van der Waals surface area (Å²) in [5.41, 5.74) is 7.02. The number of hydrogen-bond donors (Lipinski definition) is 3. The van der Waals surface area contributed by atoms with Crippen LogP contribution >= 0.6 is 22.7 Å². The number of carbonyl (C=O) groups excluding carboxylic acids is 2. The molecule has 0 spiro atoms. The van der Waals surface area contributed by atoms with Gasteiger partial charge in [0, 0.05) is 53.9 Å². The van der Waals surface area contributed by atoms with Gasteiger partial charge in [-0.1, -0.05) is 55.4 Å². The molecule has 7 heterocycles. The van der Waals surface area contributed by atoms with E-state index in [9.17, 15) is 19.8 Å². The lowest BCUT2D eigenvalue weighted by atomic mass is 9.91. The number of nitrogens with one attached hydrogen (secondary N) is 1. The number of thiazole rings is 1. The largest absolute Gasteiger partial charge is 0.507 e. The number of thiophene rings is 1. The van der Waals surface area contributed by atoms with Crippen LogP contribution in [0.3, 0.4) is 0 Å². The minimum atomic E-state index is -0.840. The molecule has 3 N–H and O–H groups in total. The van der Waals surface area contributed by atoms with Gasteiger partial charge in [0.05, 0.1) is 33.9 Å². The molecule has 0 saturated carbocycles. The number of benzene rings is 2. The summed E-state index contributed by atoms with van der Waals surface area (Å²) in [5, 5.41) is 47.0. The van der Waals surface area contributed by atoms with E-state index in [-0.39, 0.29) is 42.5 Å². The third-order valence-corrected chi connectivity index (χ3v) is 13.6. The van der Waals surface area contributed by atoms with Gasteiger partial charge in [0.25, 0.3) is 0 Å². The number of phenols is 1. The summed E-state index contributed by atoms with van der Waals surface area (Å²) in [6.07, 6.45) is -0.695. The Bertz CT molecular complexity index is 2670. The Morgan fingerprint density at radius 3 is 2.40 bits per heavy atom. The Kier molecular flexibility index (Phi) is 10.6. The number of aliphatic hydroxyl groups excluding tert-OH is 1. The van der Waals surface area contributed by atoms with Crippen molar-refractivity contribution in [1.29, 1.82) is 0 Å². The minimum absolute atomic E-state index is 0.0420. The highest BCUT2D eigenvalue weighted by Crippen LogP contribution is 2.39. The molecule has 4 atom stereocenters. The summed E-state index contributed by atoms with van der Waals surface area (Å²) in [6.45, 7) is 9.31. The molecule has 0 unspecified atom stereocenters. The van der Waals surface area contributed by atoms with E-state index in [2.05, 4.69) is 46.8 Å². The molecule has 2 aromatic carbocycles. The monoisotopic (exact) mass is 841 g/mol. The number of β-amino-alcohol motifs (C(OH)–C–C–N with tert-alkyl or cyclic N) is 1. The van der Waals surface area contributed by atoms with Crippen LogP contribution in [0.2, 0.25) is 0 Å². The van der Waals surface area contributed by atoms with Gasteiger partial charge in [-0.25, -0.2) is 4.98 Å². The molecule has 5 aromatic heterocycles. The van der Waals surface area contributed by atoms with Gasteiger partial charge in [-0.05, 0) is 67.3 Å². The molecule has 306 valence electrons. The number of aliphatic hydroxyl groups is 1. The molecular weight excluding hydrogens is 799 g/mol. The highest BCUT2D eigenvalue weighted by Gasteiger charge is 2.43. The molecule has 60 heavy (non-hydrogen) atoms. The number of amides is 2. The van der Waals surface area contributed by atoms with Crippen LogP contribution in [0.1, 0.15) is 67.0 Å². The van der Waals surface area contributed by atoms with Crippen molar-refractivity contribution in [3.05, 3.63) is 106 Å². The normalized spacial score (nSPS) is 17.9. The zero-order chi connectivity index (χ0) is 41.7. The van der Waals surface area contributed by atoms with Crippen LogP contribution in [-0.2, 0) is 9.59 Å². The number of nitrogens with zero attached hydrogens (tertiary/aromatic N) is 8. The number of para-hydroxylation sites is 1. The summed E-state index contributed by atoms with van der Waals surface area (Å²) in [7, 11) is 0. The summed E-state index contributed by atoms with van der Waals surface area (Å²) in [4.78, 5) is 39.1. The number of fused-ring (bicyclic) bond motifs is 1. The fraction of sp³-hybridized carbons (Fsp3) is 0.318. The van der Waals surface area contributed by atoms with Crippen LogP contribution in [-0.4, -0.2) is 89.2 Å². The van der Waals surface area contributed by atoms with Crippen molar-refractivity contribution >= 4 is 50.5 Å². The van der Waals surface area contributed by atoms with E-state index in [0.717, 1.165) is 50.8 Å². The number of aryl methyl sites for hydroxylation is 1. The first-order valence-electron chi connectivity index (χ1n) is 19.9. The second kappa shape index (κ2) is 16.2. The predicted octanol–water partition coefficient (Wildman–Crippen LogP) is 7.12. The van der Waals surface area contributed by atoms with Crippen LogP contribution in [0.25, 0.3) is 43.3 Å². The van der Waals surface area contributed by atoms with E-state index in [1.165, 1.54) is 9.78 Å². The van der Waals surface area contributed by atoms with Crippen LogP contribution in [0.5, 0.6) is 5.75 Å². The number of phenolic OH excluding ortho intramolecular Hbond substituents is 1. The first-order chi connectivity index (χ1) is 29.0. The van der Waals surface area contributed by atoms with Gasteiger partial charge in [0.2, 0.25) is 11.8 Å². The summed E-state index contributed by atoms with van der Waals surface area (Å²) < 4.78 is 5.79. The molecule has 2 amide bonds. The SMILES string of the molecule is Cc1ncsc1-c1ccc([C@H](C)NC(=O)[C@@H]2C[C@@H](O)CN2C(=O)[C@@H](c2cc(-c3ccc(N4CC(c5cc6cc(-c7ccccc7O)nnc6s5)C4)nn3)no2)C(C)C)cc1. The second-order valence-electron chi connectivity index (χ2n) is 15.9. The zero-order valence-corrected chi connectivity index (χ0v) is 35.0. The Morgan fingerprint density at radius 2 is 1.68 bits per heavy atom. The van der Waals surface area contributed by atoms with Gasteiger partial charge in [0.15, 0.2) is 5.82 Å². The molecule has 9 rings (SSSR count). The maximum Gasteiger partial charge on any atom is 0.243 e. The Balaban J connectivity index is 0.832. The molecule has 2 saturated heterocycles. The molecular formula is C44H43N9O5S2. The minimum Gasteiger partial charge on any atom is -0.507 e. The van der Waals surface area contributed by atoms with Crippen LogP contribution < -0.4 is 10.2 Å². The smallest absolute Gasteiger partial charge is 0.243 e. The van der Waals surface area contributed by atoms with Gasteiger partial charge < -0.3 is 29.9 Å². The standard InChI is InChI=1S/C44H43N9O5S2/c1-23(2)40(44(57)53-21-30(54)17-35(53)42(56)46-24(3)26-9-11-27(12-10-26)41-25(4)45-22-59-41)37-18-34(51-58-37)32-13-14-39(49-47-32)52-19-29(20-52)38-16-28-15-33(48-50-43(28)60-38)31-7-5-6-8-36(31)55/h5-16,18,22-24,29-30,35,40,54-55H,17,19-21H2,1-4H3,(H,46,56)/t24-,30+,35-,40+/m0/s1. The van der Waals surface area contributed by atoms with E-state index in [0.29, 0.717) is 34.3 Å². The molecule has 2 fully saturated rings. The van der Waals surface area contributed by atoms with E-state index in [4.69, 9.17) is 4.52 Å². The van der Waals surface area contributed by atoms with Crippen molar-refractivity contribution < 1.29 is 24.3 Å². The maximum atomic E-state index is 14.2. The quantitative estimate of drug-likeness (QED) is 0.120. The number of aromatic nitrogens is 6. The molecule has 0 radical (unpaired) electrons. The van der Waals surface area contributed by atoms with E-state index in [1.54, 1.807) is 40.9 Å². The van der Waals surface area contributed by atoms with Gasteiger partial charge in [-0.2, -0.15) is 0 Å². The third-order valence-electron chi connectivity index (χ3n) is 11.4. The lowest BCUT2D eigenvalue weighted by molar-refractivity contribution is -0.141. The van der Waals surface area contributed by atoms with Crippen molar-refractivity contribution in [3.63, 3.8) is 0 Å². The maximum absolute atomic E-state index is 14.2. The number of anilines is 1. The molecule has 7 aromatic rings. The number of likely N-dealkylation sites (tertiary alicyclic amines) is 1. The topological polar surface area (TPSA) is 184 Å². The van der Waals surface area contributed by atoms with Crippen molar-refractivity contribution in [2.75, 3.05) is 24.5 Å². The lowest BCUT2D eigenvalue weighted by Crippen LogP contribution is -2.48. The fourth-order valence-electron chi connectivity index (χ4n) is 8.04. The van der Waals surface area contributed by atoms with Gasteiger partial charge in [0.1, 0.15) is 39.7 Å².